The summed E-state index contributed by atoms with van der Waals surface area (Å²) < 4.78 is 46.8. The van der Waals surface area contributed by atoms with Crippen LogP contribution < -0.4 is 5.32 Å². The number of ether oxygens (including phenoxy) is 1. The number of halogens is 3. The summed E-state index contributed by atoms with van der Waals surface area (Å²) in [7, 11) is 0. The number of hydrogen-bond acceptors (Lipinski definition) is 6. The second-order valence-corrected chi connectivity index (χ2v) is 8.18. The Morgan fingerprint density at radius 3 is 2.53 bits per heavy atom. The summed E-state index contributed by atoms with van der Waals surface area (Å²) in [4.78, 5) is 30.6. The van der Waals surface area contributed by atoms with Crippen LogP contribution >= 0.6 is 11.8 Å². The van der Waals surface area contributed by atoms with E-state index in [4.69, 9.17) is 4.74 Å². The number of nitrogens with zero attached hydrogens (tertiary/aromatic N) is 2. The van der Waals surface area contributed by atoms with Crippen LogP contribution in [-0.2, 0) is 14.3 Å². The van der Waals surface area contributed by atoms with Gasteiger partial charge in [-0.2, -0.15) is 13.2 Å². The fourth-order valence-corrected chi connectivity index (χ4v) is 4.35. The van der Waals surface area contributed by atoms with Crippen molar-refractivity contribution < 1.29 is 27.5 Å². The molecule has 0 fully saturated rings. The zero-order valence-corrected chi connectivity index (χ0v) is 18.7. The molecule has 1 N–H and O–H groups in total. The van der Waals surface area contributed by atoms with E-state index >= 15 is 0 Å². The fraction of sp³-hybridized carbons (Fsp3) is 0.409. The monoisotopic (exact) mass is 467 g/mol. The molecule has 32 heavy (non-hydrogen) atoms. The molecule has 0 saturated heterocycles. The van der Waals surface area contributed by atoms with Crippen molar-refractivity contribution in [1.29, 1.82) is 0 Å². The fourth-order valence-electron chi connectivity index (χ4n) is 3.43. The Hall–Kier alpha value is -2.75. The van der Waals surface area contributed by atoms with Gasteiger partial charge in [-0.25, -0.2) is 9.79 Å². The minimum Gasteiger partial charge on any atom is -0.463 e. The van der Waals surface area contributed by atoms with Gasteiger partial charge in [0.15, 0.2) is 10.9 Å². The van der Waals surface area contributed by atoms with E-state index in [9.17, 15) is 22.8 Å². The predicted octanol–water partition coefficient (Wildman–Crippen LogP) is 4.67. The van der Waals surface area contributed by atoms with Gasteiger partial charge in [-0.1, -0.05) is 49.0 Å². The van der Waals surface area contributed by atoms with Gasteiger partial charge in [0.2, 0.25) is 5.91 Å². The topological polar surface area (TPSA) is 71.0 Å². The molecule has 1 amide bonds. The SMILES string of the molecule is CCOC(=O)C1=C(C(F)(F)F)N=C2SC=C(CC(=O)NC(C)CC)N2C1c1ccccc1. The highest BCUT2D eigenvalue weighted by Gasteiger charge is 2.49. The molecule has 1 aromatic rings. The number of benzene rings is 1. The second kappa shape index (κ2) is 9.81. The maximum absolute atomic E-state index is 13.9. The van der Waals surface area contributed by atoms with Crippen LogP contribution in [-0.4, -0.2) is 40.8 Å². The molecule has 0 radical (unpaired) electrons. The summed E-state index contributed by atoms with van der Waals surface area (Å²) in [5.41, 5.74) is -0.945. The zero-order valence-electron chi connectivity index (χ0n) is 17.9. The molecule has 2 atom stereocenters. The highest BCUT2D eigenvalue weighted by atomic mass is 32.2. The number of rotatable bonds is 7. The van der Waals surface area contributed by atoms with Crippen LogP contribution in [0.3, 0.4) is 0 Å². The van der Waals surface area contributed by atoms with Gasteiger partial charge in [0.25, 0.3) is 0 Å². The van der Waals surface area contributed by atoms with Crippen molar-refractivity contribution in [1.82, 2.24) is 10.2 Å². The molecule has 10 heteroatoms. The number of fused-ring (bicyclic) bond motifs is 1. The van der Waals surface area contributed by atoms with Gasteiger partial charge in [0.05, 0.1) is 24.6 Å². The summed E-state index contributed by atoms with van der Waals surface area (Å²) >= 11 is 0.994. The molecule has 0 spiro atoms. The first-order valence-corrected chi connectivity index (χ1v) is 11.1. The Morgan fingerprint density at radius 1 is 1.25 bits per heavy atom. The summed E-state index contributed by atoms with van der Waals surface area (Å²) in [5, 5.41) is 4.52. The maximum atomic E-state index is 13.9. The number of alkyl halides is 3. The lowest BCUT2D eigenvalue weighted by molar-refractivity contribution is -0.140. The van der Waals surface area contributed by atoms with Gasteiger partial charge in [0, 0.05) is 11.7 Å². The number of allylic oxidation sites excluding steroid dienone is 1. The number of nitrogens with one attached hydrogen (secondary N) is 1. The minimum atomic E-state index is -4.86. The molecular formula is C22H24F3N3O3S. The van der Waals surface area contributed by atoms with Crippen molar-refractivity contribution in [3.63, 3.8) is 0 Å². The smallest absolute Gasteiger partial charge is 0.434 e. The van der Waals surface area contributed by atoms with Crippen LogP contribution in [0.2, 0.25) is 0 Å². The molecule has 6 nitrogen and oxygen atoms in total. The molecule has 2 unspecified atom stereocenters. The lowest BCUT2D eigenvalue weighted by Crippen LogP contribution is -2.40. The molecule has 0 bridgehead atoms. The molecule has 2 aliphatic rings. The van der Waals surface area contributed by atoms with Crippen LogP contribution in [0.25, 0.3) is 0 Å². The molecule has 2 aliphatic heterocycles. The molecule has 0 aliphatic carbocycles. The third kappa shape index (κ3) is 5.01. The van der Waals surface area contributed by atoms with E-state index in [2.05, 4.69) is 10.3 Å². The number of carbonyl (C=O) groups is 2. The van der Waals surface area contributed by atoms with E-state index in [0.717, 1.165) is 18.2 Å². The molecule has 1 aromatic carbocycles. The highest BCUT2D eigenvalue weighted by Crippen LogP contribution is 2.48. The summed E-state index contributed by atoms with van der Waals surface area (Å²) in [5.74, 6) is -1.35. The lowest BCUT2D eigenvalue weighted by atomic mass is 9.93. The van der Waals surface area contributed by atoms with Crippen molar-refractivity contribution in [3.05, 3.63) is 58.3 Å². The standard InChI is InChI=1S/C22H24F3N3O3S/c1-4-13(3)26-16(29)11-15-12-32-21-27-19(22(23,24)25)17(20(30)31-5-2)18(28(15)21)14-9-7-6-8-10-14/h6-10,12-13,18H,4-5,11H2,1-3H3,(H,26,29). The Kier molecular flexibility index (Phi) is 7.33. The van der Waals surface area contributed by atoms with Gasteiger partial charge >= 0.3 is 12.1 Å². The third-order valence-corrected chi connectivity index (χ3v) is 5.94. The summed E-state index contributed by atoms with van der Waals surface area (Å²) in [6, 6.07) is 7.20. The first kappa shape index (κ1) is 23.9. The Balaban J connectivity index is 2.09. The van der Waals surface area contributed by atoms with Gasteiger partial charge < -0.3 is 15.0 Å². The average molecular weight is 468 g/mol. The molecule has 3 rings (SSSR count). The van der Waals surface area contributed by atoms with Crippen LogP contribution in [0.5, 0.6) is 0 Å². The molecule has 0 saturated carbocycles. The number of carbonyl (C=O) groups excluding carboxylic acids is 2. The molecule has 172 valence electrons. The number of thioether (sulfide) groups is 1. The van der Waals surface area contributed by atoms with E-state index in [1.807, 2.05) is 13.8 Å². The van der Waals surface area contributed by atoms with E-state index in [-0.39, 0.29) is 30.1 Å². The number of amidine groups is 1. The van der Waals surface area contributed by atoms with Crippen molar-refractivity contribution in [3.8, 4) is 0 Å². The molecule has 0 aromatic heterocycles. The molecule has 2 heterocycles. The summed E-state index contributed by atoms with van der Waals surface area (Å²) in [6.07, 6.45) is -4.17. The van der Waals surface area contributed by atoms with Crippen LogP contribution in [0, 0.1) is 0 Å². The quantitative estimate of drug-likeness (QED) is 0.590. The van der Waals surface area contributed by atoms with E-state index in [1.165, 1.54) is 11.8 Å². The second-order valence-electron chi connectivity index (χ2n) is 7.34. The average Bonchev–Trinajstić information content (AvgIpc) is 3.14. The number of esters is 1. The van der Waals surface area contributed by atoms with E-state index in [1.54, 1.807) is 35.7 Å². The van der Waals surface area contributed by atoms with Crippen molar-refractivity contribution in [2.75, 3.05) is 6.61 Å². The van der Waals surface area contributed by atoms with Crippen molar-refractivity contribution in [2.24, 2.45) is 4.99 Å². The summed E-state index contributed by atoms with van der Waals surface area (Å²) in [6.45, 7) is 5.25. The number of aliphatic imine (C=N–C) groups is 1. The molecular weight excluding hydrogens is 443 g/mol. The van der Waals surface area contributed by atoms with Crippen molar-refractivity contribution >= 4 is 28.8 Å². The first-order chi connectivity index (χ1) is 15.2. The first-order valence-electron chi connectivity index (χ1n) is 10.2. The van der Waals surface area contributed by atoms with Crippen LogP contribution in [0.4, 0.5) is 13.2 Å². The lowest BCUT2D eigenvalue weighted by Gasteiger charge is -2.37. The number of hydrogen-bond donors (Lipinski definition) is 1. The predicted molar refractivity (Wildman–Crippen MR) is 116 cm³/mol. The van der Waals surface area contributed by atoms with Gasteiger partial charge in [-0.3, -0.25) is 4.79 Å². The van der Waals surface area contributed by atoms with Crippen LogP contribution in [0.15, 0.2) is 57.7 Å². The maximum Gasteiger partial charge on any atom is 0.434 e. The van der Waals surface area contributed by atoms with Gasteiger partial charge in [-0.15, -0.1) is 0 Å². The highest BCUT2D eigenvalue weighted by molar-refractivity contribution is 8.16. The van der Waals surface area contributed by atoms with E-state index in [0.29, 0.717) is 11.3 Å². The van der Waals surface area contributed by atoms with Crippen LogP contribution in [0.1, 0.15) is 45.2 Å². The third-order valence-electron chi connectivity index (χ3n) is 5.05. The Morgan fingerprint density at radius 2 is 1.94 bits per heavy atom. The zero-order chi connectivity index (χ0) is 23.5. The normalized spacial score (nSPS) is 19.2. The van der Waals surface area contributed by atoms with Crippen molar-refractivity contribution in [2.45, 2.75) is 51.9 Å². The van der Waals surface area contributed by atoms with Gasteiger partial charge in [-0.05, 0) is 31.2 Å². The van der Waals surface area contributed by atoms with E-state index < -0.39 is 29.5 Å². The van der Waals surface area contributed by atoms with Gasteiger partial charge in [0.1, 0.15) is 0 Å². The Bertz CT molecular complexity index is 974. The largest absolute Gasteiger partial charge is 0.463 e. The minimum absolute atomic E-state index is 0.0385. The number of amides is 1. The Labute approximate surface area is 188 Å².